The van der Waals surface area contributed by atoms with Crippen molar-refractivity contribution in [2.45, 2.75) is 31.7 Å². The summed E-state index contributed by atoms with van der Waals surface area (Å²) < 4.78 is 0. The van der Waals surface area contributed by atoms with E-state index in [1.807, 2.05) is 68.4 Å². The quantitative estimate of drug-likeness (QED) is 0.521. The lowest BCUT2D eigenvalue weighted by atomic mass is 9.99. The smallest absolute Gasteiger partial charge is 0.283 e. The fraction of sp³-hybridized carbons (Fsp3) is 0.185. The molecule has 0 fully saturated rings. The molecule has 160 valence electrons. The van der Waals surface area contributed by atoms with E-state index in [1.165, 1.54) is 27.8 Å². The maximum atomic E-state index is 13.7. The predicted molar refractivity (Wildman–Crippen MR) is 128 cm³/mol. The highest BCUT2D eigenvalue weighted by molar-refractivity contribution is 8.04. The maximum Gasteiger partial charge on any atom is 0.283 e. The van der Waals surface area contributed by atoms with Crippen molar-refractivity contribution in [1.29, 1.82) is 0 Å². The van der Waals surface area contributed by atoms with Gasteiger partial charge in [-0.25, -0.2) is 4.90 Å². The molecule has 0 spiro atoms. The molecule has 0 N–H and O–H groups in total. The van der Waals surface area contributed by atoms with Gasteiger partial charge in [0.15, 0.2) is 0 Å². The fourth-order valence-electron chi connectivity index (χ4n) is 4.21. The summed E-state index contributed by atoms with van der Waals surface area (Å²) in [5, 5.41) is 0. The summed E-state index contributed by atoms with van der Waals surface area (Å²) >= 11 is 1.38. The van der Waals surface area contributed by atoms with Gasteiger partial charge in [-0.3, -0.25) is 9.59 Å². The van der Waals surface area contributed by atoms with E-state index in [0.717, 1.165) is 22.4 Å². The van der Waals surface area contributed by atoms with Crippen molar-refractivity contribution in [1.82, 2.24) is 4.90 Å². The summed E-state index contributed by atoms with van der Waals surface area (Å²) in [4.78, 5) is 32.1. The van der Waals surface area contributed by atoms with E-state index in [4.69, 9.17) is 0 Å². The Bertz CT molecular complexity index is 1230. The summed E-state index contributed by atoms with van der Waals surface area (Å²) in [7, 11) is 0. The minimum atomic E-state index is -0.252. The average Bonchev–Trinajstić information content (AvgIpc) is 3.05. The van der Waals surface area contributed by atoms with Gasteiger partial charge in [-0.1, -0.05) is 71.4 Å². The number of nitrogens with zero attached hydrogens (tertiary/aromatic N) is 2. The number of amides is 2. The van der Waals surface area contributed by atoms with Crippen molar-refractivity contribution < 1.29 is 9.59 Å². The highest BCUT2D eigenvalue weighted by Crippen LogP contribution is 2.40. The fourth-order valence-corrected chi connectivity index (χ4v) is 5.21. The zero-order valence-electron chi connectivity index (χ0n) is 18.2. The molecule has 0 saturated heterocycles. The van der Waals surface area contributed by atoms with Crippen LogP contribution in [0, 0.1) is 13.8 Å². The van der Waals surface area contributed by atoms with Gasteiger partial charge in [0.05, 0.1) is 5.69 Å². The summed E-state index contributed by atoms with van der Waals surface area (Å²) in [6, 6.07) is 23.9. The number of carbonyl (C=O) groups is 2. The minimum absolute atomic E-state index is 0.243. The minimum Gasteiger partial charge on any atom is -0.361 e. The Kier molecular flexibility index (Phi) is 5.35. The second-order valence-corrected chi connectivity index (χ2v) is 9.40. The van der Waals surface area contributed by atoms with Crippen LogP contribution in [0.2, 0.25) is 0 Å². The summed E-state index contributed by atoms with van der Waals surface area (Å²) in [5.41, 5.74) is 5.88. The molecular formula is C27H24N2O2S. The number of carbonyl (C=O) groups excluding carboxylic acids is 2. The number of anilines is 1. The van der Waals surface area contributed by atoms with E-state index in [9.17, 15) is 9.59 Å². The van der Waals surface area contributed by atoms with Gasteiger partial charge in [-0.2, -0.15) is 0 Å². The van der Waals surface area contributed by atoms with E-state index in [1.54, 1.807) is 0 Å². The second-order valence-electron chi connectivity index (χ2n) is 8.31. The van der Waals surface area contributed by atoms with Gasteiger partial charge in [0.1, 0.15) is 10.6 Å². The molecule has 32 heavy (non-hydrogen) atoms. The lowest BCUT2D eigenvalue weighted by Gasteiger charge is -2.31. The summed E-state index contributed by atoms with van der Waals surface area (Å²) in [5.74, 6) is -0.494. The Morgan fingerprint density at radius 2 is 1.38 bits per heavy atom. The van der Waals surface area contributed by atoms with Gasteiger partial charge in [0, 0.05) is 18.0 Å². The normalized spacial score (nSPS) is 16.1. The highest BCUT2D eigenvalue weighted by Gasteiger charge is 2.43. The second kappa shape index (κ2) is 8.32. The van der Waals surface area contributed by atoms with Crippen LogP contribution in [-0.4, -0.2) is 23.3 Å². The van der Waals surface area contributed by atoms with Crippen LogP contribution in [0.1, 0.15) is 22.3 Å². The Morgan fingerprint density at radius 3 is 2.06 bits per heavy atom. The predicted octanol–water partition coefficient (Wildman–Crippen LogP) is 5.24. The Labute approximate surface area is 192 Å². The first-order valence-electron chi connectivity index (χ1n) is 10.8. The van der Waals surface area contributed by atoms with Gasteiger partial charge in [-0.05, 0) is 55.7 Å². The third-order valence-electron chi connectivity index (χ3n) is 6.00. The number of fused-ring (bicyclic) bond motifs is 1. The molecule has 0 unspecified atom stereocenters. The average molecular weight is 441 g/mol. The van der Waals surface area contributed by atoms with Crippen molar-refractivity contribution in [3.05, 3.63) is 106 Å². The number of hydrogen-bond acceptors (Lipinski definition) is 4. The molecule has 5 rings (SSSR count). The van der Waals surface area contributed by atoms with E-state index in [0.29, 0.717) is 29.4 Å². The Morgan fingerprint density at radius 1 is 0.750 bits per heavy atom. The number of aryl methyl sites for hydroxylation is 2. The zero-order valence-corrected chi connectivity index (χ0v) is 19.0. The number of imide groups is 1. The molecule has 0 atom stereocenters. The largest absolute Gasteiger partial charge is 0.361 e. The van der Waals surface area contributed by atoms with Crippen LogP contribution in [0.3, 0.4) is 0 Å². The molecule has 2 amide bonds. The molecule has 0 saturated carbocycles. The first-order valence-corrected chi connectivity index (χ1v) is 11.6. The Balaban J connectivity index is 1.55. The van der Waals surface area contributed by atoms with Crippen molar-refractivity contribution in [3.63, 3.8) is 0 Å². The number of rotatable bonds is 4. The molecule has 2 aliphatic heterocycles. The lowest BCUT2D eigenvalue weighted by Crippen LogP contribution is -2.37. The molecule has 4 nitrogen and oxygen atoms in total. The van der Waals surface area contributed by atoms with E-state index >= 15 is 0 Å². The van der Waals surface area contributed by atoms with Crippen LogP contribution in [-0.2, 0) is 22.6 Å². The van der Waals surface area contributed by atoms with E-state index in [2.05, 4.69) is 23.1 Å². The molecule has 0 aliphatic carbocycles. The number of hydrogen-bond donors (Lipinski definition) is 0. The summed E-state index contributed by atoms with van der Waals surface area (Å²) in [6.45, 7) is 5.37. The third-order valence-corrected chi connectivity index (χ3v) is 7.08. The number of thioether (sulfide) groups is 1. The van der Waals surface area contributed by atoms with Crippen molar-refractivity contribution in [3.8, 4) is 0 Å². The van der Waals surface area contributed by atoms with E-state index in [-0.39, 0.29) is 11.8 Å². The lowest BCUT2D eigenvalue weighted by molar-refractivity contribution is -0.121. The van der Waals surface area contributed by atoms with Crippen molar-refractivity contribution in [2.75, 3.05) is 11.4 Å². The van der Waals surface area contributed by atoms with Crippen LogP contribution >= 0.6 is 11.8 Å². The van der Waals surface area contributed by atoms with Gasteiger partial charge in [0.25, 0.3) is 11.8 Å². The molecule has 3 aromatic rings. The topological polar surface area (TPSA) is 40.6 Å². The zero-order chi connectivity index (χ0) is 22.2. The maximum absolute atomic E-state index is 13.7. The molecule has 5 heteroatoms. The SMILES string of the molecule is Cc1ccc(SC2=C(N3CCc4ccccc4C3)C(=O)N(c3ccc(C)cc3)C2=O)cc1. The monoisotopic (exact) mass is 440 g/mol. The first kappa shape index (κ1) is 20.6. The Hall–Kier alpha value is -3.31. The van der Waals surface area contributed by atoms with Crippen LogP contribution in [0.15, 0.2) is 88.3 Å². The van der Waals surface area contributed by atoms with Crippen molar-refractivity contribution in [2.24, 2.45) is 0 Å². The van der Waals surface area contributed by atoms with Crippen LogP contribution < -0.4 is 4.90 Å². The van der Waals surface area contributed by atoms with Gasteiger partial charge in [-0.15, -0.1) is 0 Å². The number of benzene rings is 3. The van der Waals surface area contributed by atoms with Gasteiger partial charge in [0.2, 0.25) is 0 Å². The van der Waals surface area contributed by atoms with Crippen LogP contribution in [0.5, 0.6) is 0 Å². The van der Waals surface area contributed by atoms with Crippen LogP contribution in [0.25, 0.3) is 0 Å². The molecule has 0 radical (unpaired) electrons. The van der Waals surface area contributed by atoms with Gasteiger partial charge >= 0.3 is 0 Å². The third kappa shape index (κ3) is 3.73. The van der Waals surface area contributed by atoms with Crippen molar-refractivity contribution >= 4 is 29.3 Å². The first-order chi connectivity index (χ1) is 15.5. The molecule has 0 aromatic heterocycles. The molecular weight excluding hydrogens is 416 g/mol. The molecule has 3 aromatic carbocycles. The highest BCUT2D eigenvalue weighted by atomic mass is 32.2. The van der Waals surface area contributed by atoms with Crippen LogP contribution in [0.4, 0.5) is 5.69 Å². The van der Waals surface area contributed by atoms with Gasteiger partial charge < -0.3 is 4.90 Å². The molecule has 2 heterocycles. The van der Waals surface area contributed by atoms with E-state index < -0.39 is 0 Å². The summed E-state index contributed by atoms with van der Waals surface area (Å²) in [6.07, 6.45) is 0.855. The molecule has 0 bridgehead atoms. The molecule has 2 aliphatic rings. The standard InChI is InChI=1S/C27H24N2O2S/c1-18-7-11-22(12-8-18)29-26(30)24(28-16-15-20-5-3-4-6-21(20)17-28)25(27(29)31)32-23-13-9-19(2)10-14-23/h3-14H,15-17H2,1-2H3.